The third-order valence-electron chi connectivity index (χ3n) is 2.80. The van der Waals surface area contributed by atoms with Crippen molar-refractivity contribution in [3.63, 3.8) is 0 Å². The predicted octanol–water partition coefficient (Wildman–Crippen LogP) is 1.07. The zero-order valence-corrected chi connectivity index (χ0v) is 9.62. The first-order valence-corrected chi connectivity index (χ1v) is 6.51. The van der Waals surface area contributed by atoms with Gasteiger partial charge in [-0.3, -0.25) is 4.79 Å². The molecule has 0 fully saturated rings. The van der Waals surface area contributed by atoms with E-state index < -0.39 is 15.1 Å². The van der Waals surface area contributed by atoms with Crippen molar-refractivity contribution in [1.29, 1.82) is 0 Å². The zero-order chi connectivity index (χ0) is 11.9. The summed E-state index contributed by atoms with van der Waals surface area (Å²) in [6, 6.07) is 4.44. The minimum absolute atomic E-state index is 0.00729. The number of fused-ring (bicyclic) bond motifs is 1. The lowest BCUT2D eigenvalue weighted by Gasteiger charge is -2.05. The van der Waals surface area contributed by atoms with Crippen LogP contribution in [-0.4, -0.2) is 24.6 Å². The van der Waals surface area contributed by atoms with Crippen molar-refractivity contribution < 1.29 is 18.3 Å². The van der Waals surface area contributed by atoms with Crippen LogP contribution >= 0.6 is 0 Å². The van der Waals surface area contributed by atoms with Crippen LogP contribution in [0.2, 0.25) is 0 Å². The van der Waals surface area contributed by atoms with E-state index in [0.717, 1.165) is 0 Å². The fraction of sp³-hybridized carbons (Fsp3) is 0.364. The van der Waals surface area contributed by atoms with E-state index in [1.165, 1.54) is 25.1 Å². The lowest BCUT2D eigenvalue weighted by molar-refractivity contribution is -0.117. The Bertz CT molecular complexity index is 545. The number of sulfone groups is 1. The summed E-state index contributed by atoms with van der Waals surface area (Å²) in [5.41, 5.74) is 0.439. The lowest BCUT2D eigenvalue weighted by atomic mass is 10.1. The molecule has 0 radical (unpaired) electrons. The predicted molar refractivity (Wildman–Crippen MR) is 58.1 cm³/mol. The Morgan fingerprint density at radius 2 is 2.19 bits per heavy atom. The van der Waals surface area contributed by atoms with Gasteiger partial charge in [-0.2, -0.15) is 0 Å². The normalized spacial score (nSPS) is 21.7. The number of aromatic hydroxyl groups is 1. The van der Waals surface area contributed by atoms with Crippen LogP contribution in [0, 0.1) is 0 Å². The second-order valence-corrected chi connectivity index (χ2v) is 6.23. The van der Waals surface area contributed by atoms with E-state index in [9.17, 15) is 18.3 Å². The summed E-state index contributed by atoms with van der Waals surface area (Å²) in [6.07, 6.45) is 0.236. The van der Waals surface area contributed by atoms with E-state index in [1.54, 1.807) is 0 Å². The number of carbonyl (C=O) groups is 1. The van der Waals surface area contributed by atoms with Gasteiger partial charge in [0.05, 0.1) is 10.1 Å². The molecule has 0 bridgehead atoms. The van der Waals surface area contributed by atoms with Crippen molar-refractivity contribution in [2.75, 3.05) is 0 Å². The van der Waals surface area contributed by atoms with Gasteiger partial charge in [0.15, 0.2) is 9.84 Å². The number of hydrogen-bond acceptors (Lipinski definition) is 4. The smallest absolute Gasteiger partial charge is 0.182 e. The lowest BCUT2D eigenvalue weighted by Crippen LogP contribution is -2.19. The van der Waals surface area contributed by atoms with Gasteiger partial charge in [0.1, 0.15) is 11.5 Å². The molecule has 1 N–H and O–H groups in total. The number of rotatable bonds is 2. The van der Waals surface area contributed by atoms with E-state index in [-0.39, 0.29) is 29.3 Å². The molecular formula is C11H12O4S. The standard InChI is InChI=1S/C11H12O4S/c1-7(12)5-8-6-9-10(13)3-2-4-11(9)16(8,14)15/h2-4,8,13H,5-6H2,1H3. The molecule has 0 amide bonds. The van der Waals surface area contributed by atoms with Crippen LogP contribution in [0.1, 0.15) is 18.9 Å². The van der Waals surface area contributed by atoms with E-state index >= 15 is 0 Å². The quantitative estimate of drug-likeness (QED) is 0.839. The molecule has 1 aliphatic rings. The molecule has 0 saturated carbocycles. The number of phenols is 1. The van der Waals surface area contributed by atoms with Crippen molar-refractivity contribution in [2.24, 2.45) is 0 Å². The molecule has 1 atom stereocenters. The van der Waals surface area contributed by atoms with E-state index in [2.05, 4.69) is 0 Å². The van der Waals surface area contributed by atoms with Crippen LogP contribution in [0.4, 0.5) is 0 Å². The number of phenolic OH excluding ortho intramolecular Hbond substituents is 1. The number of carbonyl (C=O) groups excluding carboxylic acids is 1. The SMILES string of the molecule is CC(=O)CC1Cc2c(O)cccc2S1(=O)=O. The molecule has 0 saturated heterocycles. The molecule has 2 rings (SSSR count). The third kappa shape index (κ3) is 1.61. The summed E-state index contributed by atoms with van der Waals surface area (Å²) in [7, 11) is -3.44. The summed E-state index contributed by atoms with van der Waals surface area (Å²) in [4.78, 5) is 11.2. The summed E-state index contributed by atoms with van der Waals surface area (Å²) < 4.78 is 24.0. The molecule has 0 aliphatic carbocycles. The summed E-state index contributed by atoms with van der Waals surface area (Å²) in [6.45, 7) is 1.37. The Hall–Kier alpha value is -1.36. The van der Waals surface area contributed by atoms with E-state index in [1.807, 2.05) is 0 Å². The Morgan fingerprint density at radius 3 is 2.75 bits per heavy atom. The first kappa shape index (κ1) is 11.1. The van der Waals surface area contributed by atoms with Gasteiger partial charge in [0, 0.05) is 12.0 Å². The average molecular weight is 240 g/mol. The minimum atomic E-state index is -3.44. The molecule has 5 heteroatoms. The fourth-order valence-electron chi connectivity index (χ4n) is 2.05. The molecule has 16 heavy (non-hydrogen) atoms. The summed E-state index contributed by atoms with van der Waals surface area (Å²) >= 11 is 0. The van der Waals surface area contributed by atoms with Gasteiger partial charge in [0.2, 0.25) is 0 Å². The molecule has 0 aromatic heterocycles. The van der Waals surface area contributed by atoms with Crippen molar-refractivity contribution in [1.82, 2.24) is 0 Å². The van der Waals surface area contributed by atoms with Crippen LogP contribution in [0.3, 0.4) is 0 Å². The van der Waals surface area contributed by atoms with Crippen molar-refractivity contribution in [3.05, 3.63) is 23.8 Å². The number of Topliss-reactive ketones (excluding diaryl/α,β-unsaturated/α-hetero) is 1. The monoisotopic (exact) mass is 240 g/mol. The van der Waals surface area contributed by atoms with Crippen molar-refractivity contribution >= 4 is 15.6 Å². The third-order valence-corrected chi connectivity index (χ3v) is 5.01. The molecule has 1 aromatic rings. The van der Waals surface area contributed by atoms with Gasteiger partial charge in [-0.25, -0.2) is 8.42 Å². The van der Waals surface area contributed by atoms with Crippen LogP contribution in [0.5, 0.6) is 5.75 Å². The van der Waals surface area contributed by atoms with Gasteiger partial charge >= 0.3 is 0 Å². The summed E-state index contributed by atoms with van der Waals surface area (Å²) in [5, 5.41) is 8.85. The second kappa shape index (κ2) is 3.59. The maximum Gasteiger partial charge on any atom is 0.182 e. The highest BCUT2D eigenvalue weighted by Crippen LogP contribution is 2.37. The van der Waals surface area contributed by atoms with Crippen LogP contribution in [0.25, 0.3) is 0 Å². The van der Waals surface area contributed by atoms with Gasteiger partial charge in [-0.1, -0.05) is 6.07 Å². The van der Waals surface area contributed by atoms with Gasteiger partial charge in [-0.05, 0) is 25.5 Å². The van der Waals surface area contributed by atoms with Crippen LogP contribution in [0.15, 0.2) is 23.1 Å². The fourth-order valence-corrected chi connectivity index (χ4v) is 4.04. The largest absolute Gasteiger partial charge is 0.508 e. The molecule has 4 nitrogen and oxygen atoms in total. The minimum Gasteiger partial charge on any atom is -0.508 e. The molecular weight excluding hydrogens is 228 g/mol. The zero-order valence-electron chi connectivity index (χ0n) is 8.80. The first-order chi connectivity index (χ1) is 7.43. The van der Waals surface area contributed by atoms with Gasteiger partial charge in [-0.15, -0.1) is 0 Å². The van der Waals surface area contributed by atoms with Crippen molar-refractivity contribution in [2.45, 2.75) is 29.9 Å². The number of benzene rings is 1. The van der Waals surface area contributed by atoms with E-state index in [0.29, 0.717) is 5.56 Å². The maximum atomic E-state index is 12.0. The molecule has 86 valence electrons. The number of hydrogen-bond donors (Lipinski definition) is 1. The molecule has 1 aromatic carbocycles. The van der Waals surface area contributed by atoms with Crippen LogP contribution in [-0.2, 0) is 21.1 Å². The average Bonchev–Trinajstić information content (AvgIpc) is 2.41. The molecule has 1 aliphatic heterocycles. The highest BCUT2D eigenvalue weighted by Gasteiger charge is 2.38. The maximum absolute atomic E-state index is 12.0. The summed E-state index contributed by atoms with van der Waals surface area (Å²) in [5.74, 6) is -0.159. The van der Waals surface area contributed by atoms with Gasteiger partial charge < -0.3 is 5.11 Å². The topological polar surface area (TPSA) is 71.4 Å². The van der Waals surface area contributed by atoms with Gasteiger partial charge in [0.25, 0.3) is 0 Å². The number of ketones is 1. The second-order valence-electron chi connectivity index (χ2n) is 4.03. The Morgan fingerprint density at radius 1 is 1.50 bits per heavy atom. The van der Waals surface area contributed by atoms with E-state index in [4.69, 9.17) is 0 Å². The molecule has 1 unspecified atom stereocenters. The Balaban J connectivity index is 2.50. The Kier molecular flexibility index (Phi) is 2.50. The van der Waals surface area contributed by atoms with Crippen LogP contribution < -0.4 is 0 Å². The highest BCUT2D eigenvalue weighted by molar-refractivity contribution is 7.92. The highest BCUT2D eigenvalue weighted by atomic mass is 32.2. The Labute approximate surface area is 93.8 Å². The molecule has 1 heterocycles. The van der Waals surface area contributed by atoms with Crippen molar-refractivity contribution in [3.8, 4) is 5.75 Å². The molecule has 0 spiro atoms. The first-order valence-electron chi connectivity index (χ1n) is 4.97.